The Labute approximate surface area is 125 Å². The number of anilines is 1. The van der Waals surface area contributed by atoms with Gasteiger partial charge in [0.15, 0.2) is 0 Å². The average Bonchev–Trinajstić information content (AvgIpc) is 2.56. The summed E-state index contributed by atoms with van der Waals surface area (Å²) in [4.78, 5) is 6.69. The van der Waals surface area contributed by atoms with E-state index in [9.17, 15) is 0 Å². The van der Waals surface area contributed by atoms with E-state index in [0.717, 1.165) is 31.8 Å². The largest absolute Gasteiger partial charge is 0.497 e. The van der Waals surface area contributed by atoms with Gasteiger partial charge in [-0.1, -0.05) is 6.07 Å². The second-order valence-electron chi connectivity index (χ2n) is 5.31. The Morgan fingerprint density at radius 1 is 1.29 bits per heavy atom. The molecule has 0 bridgehead atoms. The molecule has 4 nitrogen and oxygen atoms in total. The van der Waals surface area contributed by atoms with Gasteiger partial charge in [-0.25, -0.2) is 0 Å². The Kier molecular flexibility index (Phi) is 4.36. The number of nitrogens with one attached hydrogen (secondary N) is 1. The van der Waals surface area contributed by atoms with Gasteiger partial charge in [-0.2, -0.15) is 0 Å². The standard InChI is InChI=1S/C17H21N3O/c1-21-17-6-4-15(5-7-17)20-10-9-19-13-16(20)11-14-3-2-8-18-12-14/h2-8,12,16,19H,9-11,13H2,1H3. The summed E-state index contributed by atoms with van der Waals surface area (Å²) in [5.41, 5.74) is 2.54. The van der Waals surface area contributed by atoms with Crippen LogP contribution in [0.2, 0.25) is 0 Å². The normalized spacial score (nSPS) is 18.5. The van der Waals surface area contributed by atoms with Gasteiger partial charge in [0.05, 0.1) is 7.11 Å². The number of aromatic nitrogens is 1. The van der Waals surface area contributed by atoms with Crippen LogP contribution < -0.4 is 15.0 Å². The molecule has 1 aliphatic rings. The van der Waals surface area contributed by atoms with Gasteiger partial charge in [0.1, 0.15) is 5.75 Å². The molecule has 1 N–H and O–H groups in total. The van der Waals surface area contributed by atoms with Crippen molar-refractivity contribution >= 4 is 5.69 Å². The lowest BCUT2D eigenvalue weighted by Crippen LogP contribution is -2.52. The van der Waals surface area contributed by atoms with Crippen LogP contribution in [0.4, 0.5) is 5.69 Å². The van der Waals surface area contributed by atoms with Crippen molar-refractivity contribution in [1.82, 2.24) is 10.3 Å². The zero-order valence-corrected chi connectivity index (χ0v) is 12.3. The first kappa shape index (κ1) is 13.9. The molecule has 0 aliphatic carbocycles. The first-order valence-electron chi connectivity index (χ1n) is 7.37. The van der Waals surface area contributed by atoms with Crippen molar-refractivity contribution in [1.29, 1.82) is 0 Å². The van der Waals surface area contributed by atoms with E-state index in [-0.39, 0.29) is 0 Å². The first-order chi connectivity index (χ1) is 10.4. The summed E-state index contributed by atoms with van der Waals surface area (Å²) in [6.45, 7) is 3.05. The zero-order chi connectivity index (χ0) is 14.5. The van der Waals surface area contributed by atoms with Crippen molar-refractivity contribution < 1.29 is 4.74 Å². The fourth-order valence-electron chi connectivity index (χ4n) is 2.85. The summed E-state index contributed by atoms with van der Waals surface area (Å²) in [6.07, 6.45) is 4.79. The van der Waals surface area contributed by atoms with Crippen LogP contribution in [0, 0.1) is 0 Å². The molecule has 1 atom stereocenters. The molecule has 2 aromatic rings. The second kappa shape index (κ2) is 6.59. The molecule has 0 amide bonds. The zero-order valence-electron chi connectivity index (χ0n) is 12.3. The van der Waals surface area contributed by atoms with Crippen LogP contribution in [0.5, 0.6) is 5.75 Å². The Bertz CT molecular complexity index is 556. The third kappa shape index (κ3) is 3.34. The average molecular weight is 283 g/mol. The minimum absolute atomic E-state index is 0.455. The van der Waals surface area contributed by atoms with E-state index in [2.05, 4.69) is 33.4 Å². The van der Waals surface area contributed by atoms with Gasteiger partial charge in [0.25, 0.3) is 0 Å². The Morgan fingerprint density at radius 2 is 2.14 bits per heavy atom. The molecule has 4 heteroatoms. The lowest BCUT2D eigenvalue weighted by atomic mass is 10.0. The van der Waals surface area contributed by atoms with E-state index in [1.54, 1.807) is 7.11 Å². The smallest absolute Gasteiger partial charge is 0.119 e. The highest BCUT2D eigenvalue weighted by Gasteiger charge is 2.22. The molecular formula is C17H21N3O. The topological polar surface area (TPSA) is 37.4 Å². The first-order valence-corrected chi connectivity index (χ1v) is 7.37. The molecule has 1 unspecified atom stereocenters. The van der Waals surface area contributed by atoms with E-state index in [4.69, 9.17) is 4.74 Å². The molecule has 2 heterocycles. The third-order valence-electron chi connectivity index (χ3n) is 3.95. The van der Waals surface area contributed by atoms with Crippen LogP contribution in [0.1, 0.15) is 5.56 Å². The predicted molar refractivity (Wildman–Crippen MR) is 84.9 cm³/mol. The van der Waals surface area contributed by atoms with Gasteiger partial charge in [-0.05, 0) is 42.3 Å². The SMILES string of the molecule is COc1ccc(N2CCNCC2Cc2cccnc2)cc1. The maximum absolute atomic E-state index is 5.24. The lowest BCUT2D eigenvalue weighted by Gasteiger charge is -2.38. The highest BCUT2D eigenvalue weighted by Crippen LogP contribution is 2.23. The van der Waals surface area contributed by atoms with E-state index in [1.807, 2.05) is 30.6 Å². The number of benzene rings is 1. The van der Waals surface area contributed by atoms with E-state index >= 15 is 0 Å². The van der Waals surface area contributed by atoms with Gasteiger partial charge < -0.3 is 15.0 Å². The summed E-state index contributed by atoms with van der Waals surface area (Å²) in [5, 5.41) is 3.49. The summed E-state index contributed by atoms with van der Waals surface area (Å²) < 4.78 is 5.24. The van der Waals surface area contributed by atoms with Crippen molar-refractivity contribution in [2.45, 2.75) is 12.5 Å². The summed E-state index contributed by atoms with van der Waals surface area (Å²) >= 11 is 0. The van der Waals surface area contributed by atoms with Crippen molar-refractivity contribution in [2.75, 3.05) is 31.6 Å². The molecule has 1 aromatic carbocycles. The molecule has 1 saturated heterocycles. The van der Waals surface area contributed by atoms with Crippen LogP contribution in [0.3, 0.4) is 0 Å². The number of rotatable bonds is 4. The number of piperazine rings is 1. The molecule has 3 rings (SSSR count). The summed E-state index contributed by atoms with van der Waals surface area (Å²) in [6, 6.07) is 12.9. The molecule has 0 radical (unpaired) electrons. The fourth-order valence-corrected chi connectivity index (χ4v) is 2.85. The van der Waals surface area contributed by atoms with Gasteiger partial charge in [0.2, 0.25) is 0 Å². The van der Waals surface area contributed by atoms with Crippen molar-refractivity contribution in [3.8, 4) is 5.75 Å². The van der Waals surface area contributed by atoms with E-state index in [1.165, 1.54) is 11.3 Å². The van der Waals surface area contributed by atoms with Crippen molar-refractivity contribution in [2.24, 2.45) is 0 Å². The van der Waals surface area contributed by atoms with Gasteiger partial charge in [-0.15, -0.1) is 0 Å². The minimum atomic E-state index is 0.455. The maximum atomic E-state index is 5.24. The van der Waals surface area contributed by atoms with Gasteiger partial charge in [0, 0.05) is 43.8 Å². The van der Waals surface area contributed by atoms with Crippen LogP contribution in [0.15, 0.2) is 48.8 Å². The van der Waals surface area contributed by atoms with Gasteiger partial charge >= 0.3 is 0 Å². The summed E-state index contributed by atoms with van der Waals surface area (Å²) in [5.74, 6) is 0.901. The quantitative estimate of drug-likeness (QED) is 0.932. The Morgan fingerprint density at radius 3 is 2.86 bits per heavy atom. The van der Waals surface area contributed by atoms with Gasteiger partial charge in [-0.3, -0.25) is 4.98 Å². The lowest BCUT2D eigenvalue weighted by molar-refractivity contribution is 0.414. The highest BCUT2D eigenvalue weighted by molar-refractivity contribution is 5.50. The van der Waals surface area contributed by atoms with Crippen LogP contribution in [-0.2, 0) is 6.42 Å². The Balaban J connectivity index is 1.77. The number of pyridine rings is 1. The number of methoxy groups -OCH3 is 1. The number of nitrogens with zero attached hydrogens (tertiary/aromatic N) is 2. The van der Waals surface area contributed by atoms with E-state index in [0.29, 0.717) is 6.04 Å². The second-order valence-corrected chi connectivity index (χ2v) is 5.31. The molecule has 21 heavy (non-hydrogen) atoms. The maximum Gasteiger partial charge on any atom is 0.119 e. The molecule has 1 aromatic heterocycles. The van der Waals surface area contributed by atoms with Crippen molar-refractivity contribution in [3.05, 3.63) is 54.4 Å². The molecule has 0 saturated carbocycles. The number of hydrogen-bond donors (Lipinski definition) is 1. The van der Waals surface area contributed by atoms with Crippen LogP contribution in [-0.4, -0.2) is 37.8 Å². The third-order valence-corrected chi connectivity index (χ3v) is 3.95. The molecule has 0 spiro atoms. The fraction of sp³-hybridized carbons (Fsp3) is 0.353. The molecule has 1 fully saturated rings. The number of ether oxygens (including phenoxy) is 1. The van der Waals surface area contributed by atoms with Crippen LogP contribution >= 0.6 is 0 Å². The summed E-state index contributed by atoms with van der Waals surface area (Å²) in [7, 11) is 1.70. The van der Waals surface area contributed by atoms with E-state index < -0.39 is 0 Å². The molecule has 110 valence electrons. The van der Waals surface area contributed by atoms with Crippen LogP contribution in [0.25, 0.3) is 0 Å². The molecule has 1 aliphatic heterocycles. The monoisotopic (exact) mass is 283 g/mol. The predicted octanol–water partition coefficient (Wildman–Crippen LogP) is 2.11. The molecular weight excluding hydrogens is 262 g/mol. The van der Waals surface area contributed by atoms with Crippen molar-refractivity contribution in [3.63, 3.8) is 0 Å². The highest BCUT2D eigenvalue weighted by atomic mass is 16.5. The Hall–Kier alpha value is -2.07. The number of hydrogen-bond acceptors (Lipinski definition) is 4. The minimum Gasteiger partial charge on any atom is -0.497 e.